The minimum atomic E-state index is -0.562. The van der Waals surface area contributed by atoms with Gasteiger partial charge in [0.1, 0.15) is 0 Å². The number of aromatic nitrogens is 1. The van der Waals surface area contributed by atoms with Crippen molar-refractivity contribution in [3.05, 3.63) is 71.4 Å². The van der Waals surface area contributed by atoms with Crippen LogP contribution in [0, 0.1) is 0 Å². The molecule has 0 saturated heterocycles. The Balaban J connectivity index is 1.86. The van der Waals surface area contributed by atoms with Crippen LogP contribution in [0.25, 0.3) is 10.9 Å². The molecule has 6 heteroatoms. The van der Waals surface area contributed by atoms with Crippen LogP contribution < -0.4 is 4.90 Å². The van der Waals surface area contributed by atoms with Crippen LogP contribution in [0.15, 0.2) is 54.7 Å². The highest BCUT2D eigenvalue weighted by molar-refractivity contribution is 6.36. The molecule has 2 heterocycles. The fourth-order valence-corrected chi connectivity index (χ4v) is 2.97. The maximum atomic E-state index is 12.8. The molecule has 0 bridgehead atoms. The lowest BCUT2D eigenvalue weighted by atomic mass is 10.1. The molecule has 2 aromatic carbocycles. The average Bonchev–Trinajstić information content (AvgIpc) is 2.91. The molecule has 0 fully saturated rings. The van der Waals surface area contributed by atoms with Crippen molar-refractivity contribution in [2.45, 2.75) is 0 Å². The molecule has 3 aromatic rings. The predicted octanol–water partition coefficient (Wildman–Crippen LogP) is 2.82. The van der Waals surface area contributed by atoms with E-state index in [1.807, 2.05) is 12.1 Å². The van der Waals surface area contributed by atoms with Crippen molar-refractivity contribution in [1.29, 1.82) is 0 Å². The van der Waals surface area contributed by atoms with E-state index in [-0.39, 0.29) is 16.7 Å². The maximum Gasteiger partial charge on any atom is 0.337 e. The first-order valence-corrected chi connectivity index (χ1v) is 7.56. The van der Waals surface area contributed by atoms with Gasteiger partial charge in [0.15, 0.2) is 0 Å². The molecule has 0 spiro atoms. The van der Waals surface area contributed by atoms with E-state index < -0.39 is 17.8 Å². The second-order valence-corrected chi connectivity index (χ2v) is 5.55. The van der Waals surface area contributed by atoms with E-state index in [9.17, 15) is 14.4 Å². The van der Waals surface area contributed by atoms with Crippen LogP contribution in [0.5, 0.6) is 0 Å². The number of hydrogen-bond donors (Lipinski definition) is 0. The van der Waals surface area contributed by atoms with E-state index in [1.165, 1.54) is 25.3 Å². The second kappa shape index (κ2) is 5.52. The topological polar surface area (TPSA) is 76.6 Å². The third-order valence-corrected chi connectivity index (χ3v) is 4.16. The number of rotatable bonds is 2. The van der Waals surface area contributed by atoms with E-state index in [4.69, 9.17) is 0 Å². The van der Waals surface area contributed by atoms with E-state index >= 15 is 0 Å². The number of anilines is 1. The highest BCUT2D eigenvalue weighted by Crippen LogP contribution is 2.33. The lowest BCUT2D eigenvalue weighted by molar-refractivity contribution is 0.0600. The van der Waals surface area contributed by atoms with Gasteiger partial charge in [-0.25, -0.2) is 9.69 Å². The lowest BCUT2D eigenvalue weighted by Crippen LogP contribution is -2.29. The third-order valence-electron chi connectivity index (χ3n) is 4.16. The van der Waals surface area contributed by atoms with E-state index in [0.717, 1.165) is 10.3 Å². The Morgan fingerprint density at radius 1 is 1.00 bits per heavy atom. The summed E-state index contributed by atoms with van der Waals surface area (Å²) in [6.45, 7) is 0. The van der Waals surface area contributed by atoms with Gasteiger partial charge in [-0.3, -0.25) is 14.6 Å². The Bertz CT molecular complexity index is 1050. The molecule has 0 saturated carbocycles. The Morgan fingerprint density at radius 2 is 1.76 bits per heavy atom. The van der Waals surface area contributed by atoms with Crippen molar-refractivity contribution in [2.24, 2.45) is 0 Å². The minimum Gasteiger partial charge on any atom is -0.465 e. The van der Waals surface area contributed by atoms with Gasteiger partial charge in [0.25, 0.3) is 11.8 Å². The molecule has 0 aliphatic carbocycles. The van der Waals surface area contributed by atoms with Crippen LogP contribution in [0.1, 0.15) is 31.1 Å². The van der Waals surface area contributed by atoms with Crippen molar-refractivity contribution < 1.29 is 19.1 Å². The maximum absolute atomic E-state index is 12.8. The smallest absolute Gasteiger partial charge is 0.337 e. The average molecular weight is 332 g/mol. The molecule has 0 atom stereocenters. The molecule has 6 nitrogen and oxygen atoms in total. The summed E-state index contributed by atoms with van der Waals surface area (Å²) in [5, 5.41) is 0.826. The van der Waals surface area contributed by atoms with Crippen LogP contribution in [0.4, 0.5) is 5.69 Å². The number of imide groups is 1. The zero-order chi connectivity index (χ0) is 17.6. The zero-order valence-electron chi connectivity index (χ0n) is 13.2. The van der Waals surface area contributed by atoms with Crippen molar-refractivity contribution in [3.8, 4) is 0 Å². The minimum absolute atomic E-state index is 0.181. The quantitative estimate of drug-likeness (QED) is 0.533. The van der Waals surface area contributed by atoms with E-state index in [0.29, 0.717) is 11.2 Å². The Labute approximate surface area is 142 Å². The van der Waals surface area contributed by atoms with Gasteiger partial charge in [0, 0.05) is 11.6 Å². The molecule has 1 aromatic heterocycles. The zero-order valence-corrected chi connectivity index (χ0v) is 13.2. The van der Waals surface area contributed by atoms with Gasteiger partial charge in [-0.05, 0) is 30.3 Å². The molecule has 1 aliphatic heterocycles. The number of hydrogen-bond acceptors (Lipinski definition) is 5. The van der Waals surface area contributed by atoms with Gasteiger partial charge < -0.3 is 4.74 Å². The molecular formula is C19H12N2O4. The first-order valence-electron chi connectivity index (χ1n) is 7.56. The number of nitrogens with zero attached hydrogens (tertiary/aromatic N) is 2. The second-order valence-electron chi connectivity index (χ2n) is 5.55. The monoisotopic (exact) mass is 332 g/mol. The summed E-state index contributed by atoms with van der Waals surface area (Å²) >= 11 is 0. The van der Waals surface area contributed by atoms with E-state index in [2.05, 4.69) is 9.72 Å². The summed E-state index contributed by atoms with van der Waals surface area (Å²) in [5.41, 5.74) is 1.64. The molecule has 25 heavy (non-hydrogen) atoms. The summed E-state index contributed by atoms with van der Waals surface area (Å²) in [5.74, 6) is -1.48. The Morgan fingerprint density at radius 3 is 2.56 bits per heavy atom. The van der Waals surface area contributed by atoms with Crippen molar-refractivity contribution in [2.75, 3.05) is 12.0 Å². The number of esters is 1. The van der Waals surface area contributed by atoms with Crippen molar-refractivity contribution in [3.63, 3.8) is 0 Å². The van der Waals surface area contributed by atoms with Gasteiger partial charge in [-0.2, -0.15) is 0 Å². The molecule has 0 N–H and O–H groups in total. The third kappa shape index (κ3) is 2.19. The van der Waals surface area contributed by atoms with Gasteiger partial charge in [-0.15, -0.1) is 0 Å². The molecule has 4 rings (SSSR count). The van der Waals surface area contributed by atoms with Gasteiger partial charge >= 0.3 is 5.97 Å². The summed E-state index contributed by atoms with van der Waals surface area (Å²) in [6.07, 6.45) is 1.61. The number of carbonyl (C=O) groups excluding carboxylic acids is 3. The van der Waals surface area contributed by atoms with Crippen LogP contribution in [-0.4, -0.2) is 29.9 Å². The molecule has 0 radical (unpaired) electrons. The first kappa shape index (κ1) is 15.0. The number of para-hydroxylation sites is 1. The number of fused-ring (bicyclic) bond motifs is 2. The Kier molecular flexibility index (Phi) is 3.32. The predicted molar refractivity (Wildman–Crippen MR) is 90.7 cm³/mol. The van der Waals surface area contributed by atoms with Crippen LogP contribution in [-0.2, 0) is 4.74 Å². The standard InChI is InChI=1S/C19H12N2O4/c1-25-19(24)12-7-8-13-14(10-12)18(23)21(17(13)22)15-6-2-4-11-5-3-9-20-16(11)15/h2-10H,1H3. The number of benzene rings is 2. The van der Waals surface area contributed by atoms with Crippen LogP contribution in [0.2, 0.25) is 0 Å². The number of ether oxygens (including phenoxy) is 1. The van der Waals surface area contributed by atoms with Crippen molar-refractivity contribution >= 4 is 34.4 Å². The summed E-state index contributed by atoms with van der Waals surface area (Å²) < 4.78 is 4.67. The normalized spacial score (nSPS) is 13.2. The molecule has 122 valence electrons. The number of methoxy groups -OCH3 is 1. The van der Waals surface area contributed by atoms with Gasteiger partial charge in [-0.1, -0.05) is 18.2 Å². The first-order chi connectivity index (χ1) is 12.1. The largest absolute Gasteiger partial charge is 0.465 e. The van der Waals surface area contributed by atoms with Gasteiger partial charge in [0.05, 0.1) is 35.0 Å². The summed E-state index contributed by atoms with van der Waals surface area (Å²) in [6, 6.07) is 13.3. The van der Waals surface area contributed by atoms with E-state index in [1.54, 1.807) is 24.4 Å². The van der Waals surface area contributed by atoms with Crippen molar-refractivity contribution in [1.82, 2.24) is 4.98 Å². The Hall–Kier alpha value is -3.54. The fourth-order valence-electron chi connectivity index (χ4n) is 2.97. The van der Waals surface area contributed by atoms with Crippen LogP contribution >= 0.6 is 0 Å². The van der Waals surface area contributed by atoms with Crippen LogP contribution in [0.3, 0.4) is 0 Å². The fraction of sp³-hybridized carbons (Fsp3) is 0.0526. The summed E-state index contributed by atoms with van der Waals surface area (Å²) in [7, 11) is 1.26. The SMILES string of the molecule is COC(=O)c1ccc2c(c1)C(=O)N(c1cccc3cccnc13)C2=O. The van der Waals surface area contributed by atoms with Gasteiger partial charge in [0.2, 0.25) is 0 Å². The highest BCUT2D eigenvalue weighted by Gasteiger charge is 2.38. The molecule has 1 aliphatic rings. The molecule has 0 unspecified atom stereocenters. The molecule has 2 amide bonds. The highest BCUT2D eigenvalue weighted by atomic mass is 16.5. The number of amides is 2. The lowest BCUT2D eigenvalue weighted by Gasteiger charge is -2.15. The molecular weight excluding hydrogens is 320 g/mol. The number of carbonyl (C=O) groups is 3. The summed E-state index contributed by atoms with van der Waals surface area (Å²) in [4.78, 5) is 42.7. The number of pyridine rings is 1.